The number of amides is 1. The second-order valence-electron chi connectivity index (χ2n) is 6.19. The largest absolute Gasteiger partial charge is 0.444 e. The van der Waals surface area contributed by atoms with E-state index in [4.69, 9.17) is 13.8 Å². The Balaban J connectivity index is 2.85. The number of hydrogen-bond acceptors (Lipinski definition) is 6. The minimum absolute atomic E-state index is 0.291. The van der Waals surface area contributed by atoms with Gasteiger partial charge in [-0.2, -0.15) is 0 Å². The SMILES string of the molecule is CCOP(=O)(OCC)SC[C@H](NC(=O)OC(C)(C)C)c1ccccc1. The van der Waals surface area contributed by atoms with Crippen molar-refractivity contribution in [1.82, 2.24) is 5.32 Å². The van der Waals surface area contributed by atoms with Gasteiger partial charge in [0.2, 0.25) is 0 Å². The van der Waals surface area contributed by atoms with Crippen molar-refractivity contribution in [3.8, 4) is 0 Å². The van der Waals surface area contributed by atoms with E-state index >= 15 is 0 Å². The van der Waals surface area contributed by atoms with Crippen molar-refractivity contribution >= 4 is 24.3 Å². The van der Waals surface area contributed by atoms with Crippen molar-refractivity contribution in [2.75, 3.05) is 19.0 Å². The molecule has 0 bridgehead atoms. The highest BCUT2D eigenvalue weighted by molar-refractivity contribution is 8.55. The van der Waals surface area contributed by atoms with Crippen LogP contribution in [-0.2, 0) is 18.3 Å². The standard InChI is InChI=1S/C17H28NO5PS/c1-6-21-24(20,22-7-2)25-13-15(14-11-9-8-10-12-14)18-16(19)23-17(3,4)5/h8-12,15H,6-7,13H2,1-5H3,(H,18,19)/t15-/m0/s1. The fraction of sp³-hybridized carbons (Fsp3) is 0.588. The van der Waals surface area contributed by atoms with Crippen LogP contribution >= 0.6 is 18.2 Å². The maximum absolute atomic E-state index is 12.6. The summed E-state index contributed by atoms with van der Waals surface area (Å²) >= 11 is 1.08. The topological polar surface area (TPSA) is 73.9 Å². The lowest BCUT2D eigenvalue weighted by Crippen LogP contribution is -2.35. The lowest BCUT2D eigenvalue weighted by molar-refractivity contribution is 0.0509. The number of hydrogen-bond donors (Lipinski definition) is 1. The number of ether oxygens (including phenoxy) is 1. The molecule has 0 heterocycles. The van der Waals surface area contributed by atoms with E-state index in [2.05, 4.69) is 5.32 Å². The molecule has 0 aliphatic rings. The Morgan fingerprint density at radius 3 is 2.20 bits per heavy atom. The fourth-order valence-corrected chi connectivity index (χ4v) is 5.49. The van der Waals surface area contributed by atoms with E-state index in [-0.39, 0.29) is 6.04 Å². The van der Waals surface area contributed by atoms with Crippen LogP contribution in [0.4, 0.5) is 4.79 Å². The summed E-state index contributed by atoms with van der Waals surface area (Å²) < 4.78 is 28.6. The van der Waals surface area contributed by atoms with Crippen LogP contribution in [0, 0.1) is 0 Å². The minimum Gasteiger partial charge on any atom is -0.444 e. The van der Waals surface area contributed by atoms with E-state index in [1.165, 1.54) is 0 Å². The van der Waals surface area contributed by atoms with Gasteiger partial charge >= 0.3 is 12.9 Å². The second-order valence-corrected chi connectivity index (χ2v) is 10.3. The molecule has 0 saturated heterocycles. The lowest BCUT2D eigenvalue weighted by Gasteiger charge is -2.25. The highest BCUT2D eigenvalue weighted by Crippen LogP contribution is 2.61. The van der Waals surface area contributed by atoms with Gasteiger partial charge in [0.05, 0.1) is 19.3 Å². The first kappa shape index (κ1) is 22.0. The maximum Gasteiger partial charge on any atom is 0.408 e. The van der Waals surface area contributed by atoms with Gasteiger partial charge < -0.3 is 19.1 Å². The third-order valence-corrected chi connectivity index (χ3v) is 6.84. The number of rotatable bonds is 9. The Labute approximate surface area is 154 Å². The summed E-state index contributed by atoms with van der Waals surface area (Å²) in [7, 11) is 0. The highest BCUT2D eigenvalue weighted by atomic mass is 32.7. The number of alkyl carbamates (subject to hydrolysis) is 1. The molecule has 8 heteroatoms. The Morgan fingerprint density at radius 2 is 1.72 bits per heavy atom. The summed E-state index contributed by atoms with van der Waals surface area (Å²) in [6.45, 7) is 6.27. The number of nitrogens with one attached hydrogen (secondary N) is 1. The van der Waals surface area contributed by atoms with Gasteiger partial charge in [0.15, 0.2) is 0 Å². The summed E-state index contributed by atoms with van der Waals surface area (Å²) in [5.41, 5.74) is 0.296. The van der Waals surface area contributed by atoms with Crippen LogP contribution in [0.2, 0.25) is 0 Å². The molecular formula is C17H28NO5PS. The lowest BCUT2D eigenvalue weighted by atomic mass is 10.1. The first-order valence-corrected chi connectivity index (χ1v) is 11.4. The van der Waals surface area contributed by atoms with E-state index in [9.17, 15) is 9.36 Å². The van der Waals surface area contributed by atoms with Gasteiger partial charge in [-0.3, -0.25) is 0 Å². The van der Waals surface area contributed by atoms with Gasteiger partial charge in [-0.05, 0) is 51.6 Å². The Kier molecular flexibility index (Phi) is 9.00. The molecule has 0 fully saturated rings. The molecule has 1 amide bonds. The van der Waals surface area contributed by atoms with Gasteiger partial charge in [0, 0.05) is 5.75 Å². The van der Waals surface area contributed by atoms with Crippen molar-refractivity contribution in [3.05, 3.63) is 35.9 Å². The molecular weight excluding hydrogens is 361 g/mol. The van der Waals surface area contributed by atoms with Crippen molar-refractivity contribution < 1.29 is 23.1 Å². The zero-order valence-corrected chi connectivity index (χ0v) is 17.2. The van der Waals surface area contributed by atoms with Crippen LogP contribution in [0.1, 0.15) is 46.2 Å². The van der Waals surface area contributed by atoms with E-state index < -0.39 is 18.5 Å². The Bertz CT molecular complexity index is 566. The fourth-order valence-electron chi connectivity index (χ4n) is 1.95. The minimum atomic E-state index is -3.25. The molecule has 0 radical (unpaired) electrons. The zero-order chi connectivity index (χ0) is 18.9. The van der Waals surface area contributed by atoms with E-state index in [0.29, 0.717) is 19.0 Å². The molecule has 1 aromatic rings. The molecule has 0 unspecified atom stereocenters. The zero-order valence-electron chi connectivity index (χ0n) is 15.5. The van der Waals surface area contributed by atoms with Gasteiger partial charge in [0.25, 0.3) is 0 Å². The van der Waals surface area contributed by atoms with Gasteiger partial charge in [-0.15, -0.1) is 0 Å². The molecule has 0 aliphatic heterocycles. The van der Waals surface area contributed by atoms with Crippen LogP contribution in [0.5, 0.6) is 0 Å². The molecule has 1 atom stereocenters. The molecule has 0 saturated carbocycles. The maximum atomic E-state index is 12.6. The average Bonchev–Trinajstić information content (AvgIpc) is 2.51. The van der Waals surface area contributed by atoms with Crippen LogP contribution in [-0.4, -0.2) is 30.7 Å². The average molecular weight is 389 g/mol. The summed E-state index contributed by atoms with van der Waals surface area (Å²) in [5.74, 6) is 0.334. The number of carbonyl (C=O) groups excluding carboxylic acids is 1. The highest BCUT2D eigenvalue weighted by Gasteiger charge is 2.28. The normalized spacial score (nSPS) is 13.3. The van der Waals surface area contributed by atoms with Crippen molar-refractivity contribution in [2.45, 2.75) is 46.3 Å². The van der Waals surface area contributed by atoms with Crippen molar-refractivity contribution in [2.24, 2.45) is 0 Å². The molecule has 0 spiro atoms. The molecule has 1 rings (SSSR count). The monoisotopic (exact) mass is 389 g/mol. The predicted octanol–water partition coefficient (Wildman–Crippen LogP) is 5.17. The molecule has 0 aromatic heterocycles. The third kappa shape index (κ3) is 8.77. The van der Waals surface area contributed by atoms with Crippen LogP contribution in [0.25, 0.3) is 0 Å². The van der Waals surface area contributed by atoms with E-state index in [1.807, 2.05) is 30.3 Å². The van der Waals surface area contributed by atoms with Crippen molar-refractivity contribution in [1.29, 1.82) is 0 Å². The summed E-state index contributed by atoms with van der Waals surface area (Å²) in [5, 5.41) is 2.83. The molecule has 0 aliphatic carbocycles. The molecule has 25 heavy (non-hydrogen) atoms. The molecule has 6 nitrogen and oxygen atoms in total. The summed E-state index contributed by atoms with van der Waals surface area (Å²) in [6, 6.07) is 9.08. The van der Waals surface area contributed by atoms with Crippen LogP contribution < -0.4 is 5.32 Å². The number of benzene rings is 1. The van der Waals surface area contributed by atoms with E-state index in [1.54, 1.807) is 34.6 Å². The summed E-state index contributed by atoms with van der Waals surface area (Å²) in [4.78, 5) is 12.1. The second kappa shape index (κ2) is 10.2. The number of carbonyl (C=O) groups is 1. The van der Waals surface area contributed by atoms with Crippen molar-refractivity contribution in [3.63, 3.8) is 0 Å². The smallest absolute Gasteiger partial charge is 0.408 e. The van der Waals surface area contributed by atoms with E-state index in [0.717, 1.165) is 16.9 Å². The third-order valence-electron chi connectivity index (χ3n) is 2.87. The van der Waals surface area contributed by atoms with Gasteiger partial charge in [-0.25, -0.2) is 9.36 Å². The molecule has 1 N–H and O–H groups in total. The Hall–Kier alpha value is -1.01. The van der Waals surface area contributed by atoms with Gasteiger partial charge in [0.1, 0.15) is 5.60 Å². The Morgan fingerprint density at radius 1 is 1.16 bits per heavy atom. The summed E-state index contributed by atoms with van der Waals surface area (Å²) in [6.07, 6.45) is -0.524. The van der Waals surface area contributed by atoms with Crippen LogP contribution in [0.15, 0.2) is 30.3 Å². The van der Waals surface area contributed by atoms with Crippen LogP contribution in [0.3, 0.4) is 0 Å². The quantitative estimate of drug-likeness (QED) is 0.588. The predicted molar refractivity (Wildman–Crippen MR) is 102 cm³/mol. The van der Waals surface area contributed by atoms with Gasteiger partial charge in [-0.1, -0.05) is 30.3 Å². The first-order chi connectivity index (χ1) is 11.7. The molecule has 1 aromatic carbocycles. The molecule has 142 valence electrons. The first-order valence-electron chi connectivity index (χ1n) is 8.27.